The van der Waals surface area contributed by atoms with Crippen LogP contribution in [0.5, 0.6) is 0 Å². The van der Waals surface area contributed by atoms with Crippen molar-refractivity contribution >= 4 is 34.8 Å². The Balaban J connectivity index is 0. The molecule has 0 aliphatic heterocycles. The molecule has 0 bridgehead atoms. The van der Waals surface area contributed by atoms with Gasteiger partial charge in [-0.1, -0.05) is 34.8 Å². The summed E-state index contributed by atoms with van der Waals surface area (Å²) in [6.45, 7) is -2.01. The summed E-state index contributed by atoms with van der Waals surface area (Å²) >= 11 is 14.4. The molecule has 0 saturated heterocycles. The number of alkyl halides is 6. The molecule has 0 saturated carbocycles. The Hall–Kier alpha value is 0.620. The summed E-state index contributed by atoms with van der Waals surface area (Å²) in [6.07, 6.45) is -4.12. The van der Waals surface area contributed by atoms with Crippen molar-refractivity contribution in [2.75, 3.05) is 6.67 Å². The van der Waals surface area contributed by atoms with Crippen molar-refractivity contribution in [3.05, 3.63) is 0 Å². The molecule has 0 aliphatic rings. The van der Waals surface area contributed by atoms with Crippen LogP contribution >= 0.6 is 34.8 Å². The molecule has 0 aromatic carbocycles. The number of rotatable bonds is 1. The zero-order chi connectivity index (χ0) is 8.78. The van der Waals surface area contributed by atoms with Crippen LogP contribution in [0.4, 0.5) is 13.2 Å². The summed E-state index contributed by atoms with van der Waals surface area (Å²) in [4.78, 5) is 0. The summed E-state index contributed by atoms with van der Waals surface area (Å²) in [5.41, 5.74) is 0. The Kier molecular flexibility index (Phi) is 8.38. The molecule has 0 aromatic heterocycles. The van der Waals surface area contributed by atoms with E-state index in [1.807, 2.05) is 0 Å². The molecule has 64 valence electrons. The van der Waals surface area contributed by atoms with Gasteiger partial charge in [0.2, 0.25) is 0 Å². The van der Waals surface area contributed by atoms with E-state index in [0.29, 0.717) is 0 Å². The Bertz CT molecular complexity index is 71.1. The zero-order valence-corrected chi connectivity index (χ0v) is 6.77. The molecule has 7 heteroatoms. The average molecular weight is 219 g/mol. The fraction of sp³-hybridized carbons (Fsp3) is 1.00. The van der Waals surface area contributed by atoms with Crippen LogP contribution in [0.15, 0.2) is 0 Å². The molecular formula is C3H4Cl3F3O. The molecule has 0 unspecified atom stereocenters. The van der Waals surface area contributed by atoms with E-state index >= 15 is 0 Å². The van der Waals surface area contributed by atoms with Gasteiger partial charge in [0.1, 0.15) is 0 Å². The van der Waals surface area contributed by atoms with Gasteiger partial charge in [-0.05, 0) is 0 Å². The Morgan fingerprint density at radius 2 is 1.40 bits per heavy atom. The lowest BCUT2D eigenvalue weighted by molar-refractivity contribution is -0.208. The van der Waals surface area contributed by atoms with Crippen molar-refractivity contribution < 1.29 is 18.3 Å². The van der Waals surface area contributed by atoms with Gasteiger partial charge in [0, 0.05) is 0 Å². The van der Waals surface area contributed by atoms with Gasteiger partial charge in [0.15, 0.2) is 11.0 Å². The summed E-state index contributed by atoms with van der Waals surface area (Å²) in [5, 5.41) is 7.12. The van der Waals surface area contributed by atoms with E-state index in [1.165, 1.54) is 0 Å². The highest BCUT2D eigenvalue weighted by atomic mass is 35.6. The van der Waals surface area contributed by atoms with Crippen molar-refractivity contribution in [3.8, 4) is 0 Å². The Morgan fingerprint density at radius 3 is 1.40 bits per heavy atom. The van der Waals surface area contributed by atoms with Crippen molar-refractivity contribution in [1.29, 1.82) is 0 Å². The first-order valence-corrected chi connectivity index (χ1v) is 3.19. The molecule has 0 spiro atoms. The predicted octanol–water partition coefficient (Wildman–Crippen LogP) is 2.53. The second-order valence-corrected chi connectivity index (χ2v) is 3.03. The highest BCUT2D eigenvalue weighted by Crippen LogP contribution is 2.06. The highest BCUT2D eigenvalue weighted by molar-refractivity contribution is 6.63. The topological polar surface area (TPSA) is 20.2 Å². The third-order valence-electron chi connectivity index (χ3n) is 0.161. The molecule has 10 heavy (non-hydrogen) atoms. The standard InChI is InChI=1S/C2H3F3O.CHCl3/c3-1-2(4,5)6;2-1(3)4/h6H,1H2;1H. The molecule has 0 aromatic rings. The second kappa shape index (κ2) is 6.34. The van der Waals surface area contributed by atoms with Crippen molar-refractivity contribution in [1.82, 2.24) is 0 Å². The minimum absolute atomic E-state index is 0.750. The van der Waals surface area contributed by atoms with Crippen molar-refractivity contribution in [3.63, 3.8) is 0 Å². The van der Waals surface area contributed by atoms with E-state index in [-0.39, 0.29) is 0 Å². The molecule has 0 aliphatic carbocycles. The fourth-order valence-corrected chi connectivity index (χ4v) is 0. The van der Waals surface area contributed by atoms with Crippen LogP contribution in [0.25, 0.3) is 0 Å². The van der Waals surface area contributed by atoms with E-state index in [9.17, 15) is 13.2 Å². The highest BCUT2D eigenvalue weighted by Gasteiger charge is 2.22. The predicted molar refractivity (Wildman–Crippen MR) is 34.5 cm³/mol. The minimum Gasteiger partial charge on any atom is -0.334 e. The molecule has 0 atom stereocenters. The summed E-state index contributed by atoms with van der Waals surface area (Å²) in [5.74, 6) is 0. The first-order valence-electron chi connectivity index (χ1n) is 1.88. The lowest BCUT2D eigenvalue weighted by atomic mass is 10.7. The molecular weight excluding hydrogens is 215 g/mol. The van der Waals surface area contributed by atoms with Gasteiger partial charge >= 0.3 is 6.11 Å². The number of aliphatic hydroxyl groups is 1. The smallest absolute Gasteiger partial charge is 0.334 e. The summed E-state index contributed by atoms with van der Waals surface area (Å²) in [6, 6.07) is 0. The lowest BCUT2D eigenvalue weighted by Gasteiger charge is -1.97. The average Bonchev–Trinajstić information content (AvgIpc) is 1.63. The fourth-order valence-electron chi connectivity index (χ4n) is 0. The van der Waals surface area contributed by atoms with Crippen LogP contribution in [0.2, 0.25) is 0 Å². The van der Waals surface area contributed by atoms with Gasteiger partial charge in [0.05, 0.1) is 0 Å². The van der Waals surface area contributed by atoms with Crippen LogP contribution in [-0.2, 0) is 0 Å². The van der Waals surface area contributed by atoms with E-state index in [4.69, 9.17) is 39.9 Å². The van der Waals surface area contributed by atoms with E-state index < -0.39 is 17.1 Å². The van der Waals surface area contributed by atoms with Gasteiger partial charge < -0.3 is 5.11 Å². The molecule has 1 N–H and O–H groups in total. The monoisotopic (exact) mass is 218 g/mol. The van der Waals surface area contributed by atoms with Gasteiger partial charge in [-0.15, -0.1) is 0 Å². The number of hydrogen-bond donors (Lipinski definition) is 1. The lowest BCUT2D eigenvalue weighted by Crippen LogP contribution is -2.15. The molecule has 0 fully saturated rings. The third kappa shape index (κ3) is 38.2. The summed E-state index contributed by atoms with van der Waals surface area (Å²) in [7, 11) is 0. The van der Waals surface area contributed by atoms with Gasteiger partial charge in [-0.3, -0.25) is 0 Å². The van der Waals surface area contributed by atoms with Crippen LogP contribution in [-0.4, -0.2) is 22.2 Å². The Morgan fingerprint density at radius 1 is 1.30 bits per heavy atom. The van der Waals surface area contributed by atoms with Crippen molar-refractivity contribution in [2.24, 2.45) is 0 Å². The maximum absolute atomic E-state index is 10.6. The van der Waals surface area contributed by atoms with Crippen LogP contribution < -0.4 is 0 Å². The molecule has 0 amide bonds. The van der Waals surface area contributed by atoms with Gasteiger partial charge in [0.25, 0.3) is 0 Å². The van der Waals surface area contributed by atoms with Gasteiger partial charge in [-0.25, -0.2) is 4.39 Å². The van der Waals surface area contributed by atoms with E-state index in [0.717, 1.165) is 0 Å². The zero-order valence-electron chi connectivity index (χ0n) is 4.50. The largest absolute Gasteiger partial charge is 0.381 e. The first kappa shape index (κ1) is 13.2. The minimum atomic E-state index is -4.12. The molecule has 0 heterocycles. The van der Waals surface area contributed by atoms with E-state index in [2.05, 4.69) is 0 Å². The number of hydrogen-bond acceptors (Lipinski definition) is 1. The van der Waals surface area contributed by atoms with Crippen molar-refractivity contribution in [2.45, 2.75) is 10.4 Å². The molecule has 0 rings (SSSR count). The Labute approximate surface area is 70.7 Å². The third-order valence-corrected chi connectivity index (χ3v) is 0.161. The van der Waals surface area contributed by atoms with Gasteiger partial charge in [-0.2, -0.15) is 8.78 Å². The van der Waals surface area contributed by atoms with E-state index in [1.54, 1.807) is 0 Å². The normalized spacial score (nSPS) is 10.8. The summed E-state index contributed by atoms with van der Waals surface area (Å²) < 4.78 is 31.0. The number of halogens is 6. The van der Waals surface area contributed by atoms with Crippen LogP contribution in [0, 0.1) is 0 Å². The van der Waals surface area contributed by atoms with Crippen LogP contribution in [0.3, 0.4) is 0 Å². The second-order valence-electron chi connectivity index (χ2n) is 1.05. The quantitative estimate of drug-likeness (QED) is 0.672. The molecule has 0 radical (unpaired) electrons. The van der Waals surface area contributed by atoms with Crippen LogP contribution in [0.1, 0.15) is 0 Å². The SMILES string of the molecule is ClC(Cl)Cl.OC(F)(F)CF. The maximum Gasteiger partial charge on any atom is 0.381 e. The first-order chi connectivity index (χ1) is 4.29. The molecule has 1 nitrogen and oxygen atoms in total. The maximum atomic E-state index is 10.6.